The third kappa shape index (κ3) is 4.15. The summed E-state index contributed by atoms with van der Waals surface area (Å²) < 4.78 is 0. The first-order valence-corrected chi connectivity index (χ1v) is 5.43. The summed E-state index contributed by atoms with van der Waals surface area (Å²) >= 11 is 0. The zero-order chi connectivity index (χ0) is 11.3. The Morgan fingerprint density at radius 1 is 1.27 bits per heavy atom. The molecule has 15 heavy (non-hydrogen) atoms. The summed E-state index contributed by atoms with van der Waals surface area (Å²) in [6.07, 6.45) is 1.45. The fourth-order valence-corrected chi connectivity index (χ4v) is 1.87. The molecule has 82 valence electrons. The predicted octanol–water partition coefficient (Wildman–Crippen LogP) is 2.69. The molecule has 1 rings (SSSR count). The number of carbonyl (C=O) groups is 1. The van der Waals surface area contributed by atoms with Gasteiger partial charge in [0.15, 0.2) is 0 Å². The standard InChI is InChI=1S/C13H19NO/c1-10(2)8-12(9-13(14)15)11-6-4-3-5-7-11/h3-7,10,12H,8-9H2,1-2H3,(H2,14,15)/t12-/m1/s1. The lowest BCUT2D eigenvalue weighted by molar-refractivity contribution is -0.118. The maximum Gasteiger partial charge on any atom is 0.218 e. The van der Waals surface area contributed by atoms with Crippen LogP contribution in [0, 0.1) is 5.92 Å². The molecule has 1 atom stereocenters. The van der Waals surface area contributed by atoms with E-state index in [1.807, 2.05) is 18.2 Å². The molecule has 0 unspecified atom stereocenters. The summed E-state index contributed by atoms with van der Waals surface area (Å²) in [6, 6.07) is 10.1. The molecule has 0 spiro atoms. The Kier molecular flexibility index (Phi) is 4.35. The Morgan fingerprint density at radius 2 is 1.87 bits per heavy atom. The van der Waals surface area contributed by atoms with Crippen molar-refractivity contribution in [2.75, 3.05) is 0 Å². The summed E-state index contributed by atoms with van der Waals surface area (Å²) in [6.45, 7) is 4.33. The van der Waals surface area contributed by atoms with Crippen molar-refractivity contribution < 1.29 is 4.79 Å². The Morgan fingerprint density at radius 3 is 2.33 bits per heavy atom. The SMILES string of the molecule is CC(C)C[C@H](CC(N)=O)c1ccccc1. The molecule has 0 bridgehead atoms. The summed E-state index contributed by atoms with van der Waals surface area (Å²) in [5, 5.41) is 0. The van der Waals surface area contributed by atoms with Crippen molar-refractivity contribution in [3.8, 4) is 0 Å². The topological polar surface area (TPSA) is 43.1 Å². The zero-order valence-electron chi connectivity index (χ0n) is 9.44. The van der Waals surface area contributed by atoms with Gasteiger partial charge in [0.1, 0.15) is 0 Å². The normalized spacial score (nSPS) is 12.7. The maximum atomic E-state index is 11.0. The van der Waals surface area contributed by atoms with Crippen molar-refractivity contribution in [2.24, 2.45) is 11.7 Å². The third-order valence-electron chi connectivity index (χ3n) is 2.47. The monoisotopic (exact) mass is 205 g/mol. The van der Waals surface area contributed by atoms with Crippen LogP contribution in [0.25, 0.3) is 0 Å². The number of hydrogen-bond donors (Lipinski definition) is 1. The van der Waals surface area contributed by atoms with E-state index < -0.39 is 0 Å². The summed E-state index contributed by atoms with van der Waals surface area (Å²) in [5.41, 5.74) is 6.48. The van der Waals surface area contributed by atoms with E-state index in [-0.39, 0.29) is 11.8 Å². The van der Waals surface area contributed by atoms with E-state index in [0.717, 1.165) is 6.42 Å². The first kappa shape index (κ1) is 11.8. The minimum absolute atomic E-state index is 0.218. The predicted molar refractivity (Wildman–Crippen MR) is 62.4 cm³/mol. The van der Waals surface area contributed by atoms with Gasteiger partial charge in [-0.25, -0.2) is 0 Å². The first-order valence-electron chi connectivity index (χ1n) is 5.43. The molecule has 2 N–H and O–H groups in total. The molecule has 1 aromatic carbocycles. The third-order valence-corrected chi connectivity index (χ3v) is 2.47. The van der Waals surface area contributed by atoms with E-state index in [4.69, 9.17) is 5.73 Å². The van der Waals surface area contributed by atoms with Crippen LogP contribution in [0.2, 0.25) is 0 Å². The molecule has 0 fully saturated rings. The molecule has 0 aliphatic heterocycles. The van der Waals surface area contributed by atoms with E-state index in [9.17, 15) is 4.79 Å². The van der Waals surface area contributed by atoms with Gasteiger partial charge >= 0.3 is 0 Å². The molecule has 0 aliphatic rings. The van der Waals surface area contributed by atoms with Crippen LogP contribution >= 0.6 is 0 Å². The highest BCUT2D eigenvalue weighted by Gasteiger charge is 2.15. The molecule has 0 radical (unpaired) electrons. The molecule has 2 nitrogen and oxygen atoms in total. The lowest BCUT2D eigenvalue weighted by atomic mass is 9.88. The minimum Gasteiger partial charge on any atom is -0.370 e. The maximum absolute atomic E-state index is 11.0. The molecule has 1 aromatic rings. The molecule has 2 heteroatoms. The number of benzene rings is 1. The van der Waals surface area contributed by atoms with E-state index in [2.05, 4.69) is 26.0 Å². The van der Waals surface area contributed by atoms with E-state index in [1.165, 1.54) is 5.56 Å². The van der Waals surface area contributed by atoms with Crippen LogP contribution < -0.4 is 5.73 Å². The van der Waals surface area contributed by atoms with Crippen molar-refractivity contribution >= 4 is 5.91 Å². The second-order valence-corrected chi connectivity index (χ2v) is 4.41. The quantitative estimate of drug-likeness (QED) is 0.789. The van der Waals surface area contributed by atoms with E-state index >= 15 is 0 Å². The Labute approximate surface area is 91.5 Å². The van der Waals surface area contributed by atoms with Crippen molar-refractivity contribution in [1.29, 1.82) is 0 Å². The second kappa shape index (κ2) is 5.54. The Bertz CT molecular complexity index is 306. The average molecular weight is 205 g/mol. The molecule has 1 amide bonds. The number of rotatable bonds is 5. The Balaban J connectivity index is 2.76. The largest absolute Gasteiger partial charge is 0.370 e. The van der Waals surface area contributed by atoms with Crippen molar-refractivity contribution in [1.82, 2.24) is 0 Å². The van der Waals surface area contributed by atoms with Crippen LogP contribution in [0.15, 0.2) is 30.3 Å². The zero-order valence-corrected chi connectivity index (χ0v) is 9.44. The van der Waals surface area contributed by atoms with Gasteiger partial charge in [-0.05, 0) is 23.8 Å². The molecule has 0 saturated carbocycles. The smallest absolute Gasteiger partial charge is 0.218 e. The van der Waals surface area contributed by atoms with Crippen molar-refractivity contribution in [3.63, 3.8) is 0 Å². The van der Waals surface area contributed by atoms with Crippen LogP contribution in [0.5, 0.6) is 0 Å². The van der Waals surface area contributed by atoms with Gasteiger partial charge in [0.05, 0.1) is 0 Å². The fraction of sp³-hybridized carbons (Fsp3) is 0.462. The van der Waals surface area contributed by atoms with Crippen molar-refractivity contribution in [3.05, 3.63) is 35.9 Å². The number of nitrogens with two attached hydrogens (primary N) is 1. The van der Waals surface area contributed by atoms with E-state index in [0.29, 0.717) is 12.3 Å². The first-order chi connectivity index (χ1) is 7.09. The molecule has 0 aromatic heterocycles. The van der Waals surface area contributed by atoms with Gasteiger partial charge in [-0.15, -0.1) is 0 Å². The highest BCUT2D eigenvalue weighted by atomic mass is 16.1. The molecular weight excluding hydrogens is 186 g/mol. The molecular formula is C13H19NO. The Hall–Kier alpha value is -1.31. The highest BCUT2D eigenvalue weighted by Crippen LogP contribution is 2.26. The molecule has 0 saturated heterocycles. The van der Waals surface area contributed by atoms with E-state index in [1.54, 1.807) is 0 Å². The summed E-state index contributed by atoms with van der Waals surface area (Å²) in [5.74, 6) is 0.628. The second-order valence-electron chi connectivity index (χ2n) is 4.41. The number of carbonyl (C=O) groups excluding carboxylic acids is 1. The van der Waals surface area contributed by atoms with Gasteiger partial charge in [0, 0.05) is 6.42 Å². The highest BCUT2D eigenvalue weighted by molar-refractivity contribution is 5.74. The van der Waals surface area contributed by atoms with Crippen molar-refractivity contribution in [2.45, 2.75) is 32.6 Å². The average Bonchev–Trinajstić information content (AvgIpc) is 2.17. The van der Waals surface area contributed by atoms with Gasteiger partial charge in [0.25, 0.3) is 0 Å². The lowest BCUT2D eigenvalue weighted by Gasteiger charge is -2.17. The number of hydrogen-bond acceptors (Lipinski definition) is 1. The minimum atomic E-state index is -0.218. The van der Waals surface area contributed by atoms with Gasteiger partial charge in [-0.2, -0.15) is 0 Å². The lowest BCUT2D eigenvalue weighted by Crippen LogP contribution is -2.16. The van der Waals surface area contributed by atoms with Gasteiger partial charge in [-0.3, -0.25) is 4.79 Å². The summed E-state index contributed by atoms with van der Waals surface area (Å²) in [7, 11) is 0. The van der Waals surface area contributed by atoms with Gasteiger partial charge < -0.3 is 5.73 Å². The van der Waals surface area contributed by atoms with Gasteiger partial charge in [0.2, 0.25) is 5.91 Å². The van der Waals surface area contributed by atoms with Crippen LogP contribution in [0.4, 0.5) is 0 Å². The summed E-state index contributed by atoms with van der Waals surface area (Å²) in [4.78, 5) is 11.0. The number of amides is 1. The van der Waals surface area contributed by atoms with Crippen LogP contribution in [-0.4, -0.2) is 5.91 Å². The fourth-order valence-electron chi connectivity index (χ4n) is 1.87. The molecule has 0 aliphatic carbocycles. The van der Waals surface area contributed by atoms with Gasteiger partial charge in [-0.1, -0.05) is 44.2 Å². The molecule has 0 heterocycles. The number of primary amides is 1. The van der Waals surface area contributed by atoms with Crippen LogP contribution in [0.1, 0.15) is 38.2 Å². The van der Waals surface area contributed by atoms with Crippen LogP contribution in [0.3, 0.4) is 0 Å². The van der Waals surface area contributed by atoms with Crippen LogP contribution in [-0.2, 0) is 4.79 Å².